The Labute approximate surface area is 124 Å². The Morgan fingerprint density at radius 1 is 0.789 bits per heavy atom. The van der Waals surface area contributed by atoms with Crippen molar-refractivity contribution in [2.24, 2.45) is 0 Å². The highest BCUT2D eigenvalue weighted by Gasteiger charge is 1.74. The van der Waals surface area contributed by atoms with Gasteiger partial charge in [-0.2, -0.15) is 0 Å². The summed E-state index contributed by atoms with van der Waals surface area (Å²) in [6.45, 7) is 16.1. The lowest BCUT2D eigenvalue weighted by atomic mass is 10.3. The van der Waals surface area contributed by atoms with Crippen LogP contribution in [-0.2, 0) is 0 Å². The molecule has 2 heterocycles. The number of nitrogens with zero attached hydrogens (tertiary/aromatic N) is 1. The average molecular weight is 282 g/mol. The molecule has 2 heteroatoms. The van der Waals surface area contributed by atoms with Gasteiger partial charge in [0.05, 0.1) is 0 Å². The summed E-state index contributed by atoms with van der Waals surface area (Å²) in [5.74, 6) is 0. The minimum Gasteiger partial charge on any atom is -0.265 e. The van der Waals surface area contributed by atoms with E-state index in [9.17, 15) is 0 Å². The molecule has 0 aliphatic heterocycles. The van der Waals surface area contributed by atoms with Crippen LogP contribution in [0.15, 0.2) is 42.0 Å². The smallest absolute Gasteiger partial charge is 0.0270 e. The van der Waals surface area contributed by atoms with Gasteiger partial charge in [-0.25, -0.2) is 0 Å². The Hall–Kier alpha value is -1.15. The fraction of sp³-hybridized carbons (Fsp3) is 0.471. The van der Waals surface area contributed by atoms with Gasteiger partial charge in [0.15, 0.2) is 0 Å². The first-order valence-electron chi connectivity index (χ1n) is 7.16. The number of rotatable bonds is 0. The van der Waals surface area contributed by atoms with E-state index >= 15 is 0 Å². The lowest BCUT2D eigenvalue weighted by Gasteiger charge is -1.82. The third-order valence-electron chi connectivity index (χ3n) is 1.51. The van der Waals surface area contributed by atoms with Gasteiger partial charge in [-0.1, -0.05) is 47.6 Å². The van der Waals surface area contributed by atoms with Crippen LogP contribution < -0.4 is 0 Å². The third kappa shape index (κ3) is 19.4. The van der Waals surface area contributed by atoms with Crippen LogP contribution in [0.25, 0.3) is 0 Å². The van der Waals surface area contributed by atoms with Gasteiger partial charge < -0.3 is 0 Å². The molecule has 0 bridgehead atoms. The first-order chi connectivity index (χ1) is 9.29. The quantitative estimate of drug-likeness (QED) is 0.535. The van der Waals surface area contributed by atoms with Gasteiger partial charge in [0.25, 0.3) is 0 Å². The number of aryl methyl sites for hydroxylation is 2. The molecule has 0 fully saturated rings. The molecule has 0 aliphatic rings. The zero-order valence-corrected chi connectivity index (χ0v) is 14.7. The van der Waals surface area contributed by atoms with Crippen molar-refractivity contribution >= 4 is 11.3 Å². The molecule has 1 nitrogen and oxygen atoms in total. The second-order valence-corrected chi connectivity index (χ2v) is 3.90. The van der Waals surface area contributed by atoms with Crippen molar-refractivity contribution in [1.29, 1.82) is 0 Å². The maximum absolute atomic E-state index is 3.85. The molecule has 110 valence electrons. The van der Waals surface area contributed by atoms with Crippen LogP contribution in [0.3, 0.4) is 0 Å². The summed E-state index contributed by atoms with van der Waals surface area (Å²) in [6, 6.07) is 8.10. The van der Waals surface area contributed by atoms with Crippen LogP contribution in [0.4, 0.5) is 0 Å². The summed E-state index contributed by atoms with van der Waals surface area (Å²) in [4.78, 5) is 5.23. The lowest BCUT2D eigenvalue weighted by Crippen LogP contribution is -1.68. The summed E-state index contributed by atoms with van der Waals surface area (Å²) in [7, 11) is 0. The van der Waals surface area contributed by atoms with Crippen molar-refractivity contribution in [1.82, 2.24) is 4.98 Å². The fourth-order valence-corrected chi connectivity index (χ4v) is 1.32. The molecule has 0 amide bonds. The van der Waals surface area contributed by atoms with E-state index in [2.05, 4.69) is 29.4 Å². The maximum Gasteiger partial charge on any atom is 0.0270 e. The number of thiophene rings is 1. The molecule has 0 aromatic carbocycles. The highest BCUT2D eigenvalue weighted by atomic mass is 32.1. The molecule has 0 aliphatic carbocycles. The van der Waals surface area contributed by atoms with E-state index < -0.39 is 0 Å². The summed E-state index contributed by atoms with van der Waals surface area (Å²) in [6.07, 6.45) is 3.57. The molecule has 0 radical (unpaired) electrons. The third-order valence-corrected chi connectivity index (χ3v) is 2.31. The van der Waals surface area contributed by atoms with Gasteiger partial charge in [-0.15, -0.1) is 11.3 Å². The molecule has 2 aromatic heterocycles. The minimum absolute atomic E-state index is 1.26. The number of aromatic nitrogens is 1. The van der Waals surface area contributed by atoms with Crippen LogP contribution in [0.1, 0.15) is 52.0 Å². The fourth-order valence-electron chi connectivity index (χ4n) is 0.787. The Morgan fingerprint density at radius 2 is 1.26 bits per heavy atom. The molecule has 0 N–H and O–H groups in total. The Balaban J connectivity index is -0.000000195. The first-order valence-corrected chi connectivity index (χ1v) is 8.04. The largest absolute Gasteiger partial charge is 0.265 e. The predicted molar refractivity (Wildman–Crippen MR) is 92.1 cm³/mol. The molecular formula is C17H31NS. The maximum atomic E-state index is 3.85. The van der Waals surface area contributed by atoms with Crippen LogP contribution in [0, 0.1) is 13.8 Å². The highest BCUT2D eigenvalue weighted by molar-refractivity contribution is 7.09. The molecule has 0 atom stereocenters. The van der Waals surface area contributed by atoms with E-state index in [-0.39, 0.29) is 0 Å². The second kappa shape index (κ2) is 22.1. The molecule has 0 unspecified atom stereocenters. The standard InChI is InChI=1S/C6H7N.C5H6S.3C2H6/c1-6-2-4-7-5-3-6;1-5-3-2-4-6-5;3*1-2/h2-5H,1H3;2-4H,1H3;3*1-2H3. The first kappa shape index (κ1) is 23.0. The van der Waals surface area contributed by atoms with Crippen molar-refractivity contribution in [2.45, 2.75) is 55.4 Å². The molecule has 0 saturated carbocycles. The van der Waals surface area contributed by atoms with Crippen LogP contribution in [0.2, 0.25) is 0 Å². The summed E-state index contributed by atoms with van der Waals surface area (Å²) < 4.78 is 0. The van der Waals surface area contributed by atoms with Crippen LogP contribution in [0.5, 0.6) is 0 Å². The van der Waals surface area contributed by atoms with Crippen molar-refractivity contribution < 1.29 is 0 Å². The van der Waals surface area contributed by atoms with Gasteiger partial charge in [0.1, 0.15) is 0 Å². The monoisotopic (exact) mass is 281 g/mol. The SMILES string of the molecule is CC.CC.CC.Cc1cccs1.Cc1ccncc1. The van der Waals surface area contributed by atoms with Gasteiger partial charge in [-0.3, -0.25) is 4.98 Å². The van der Waals surface area contributed by atoms with Crippen molar-refractivity contribution in [3.8, 4) is 0 Å². The van der Waals surface area contributed by atoms with Crippen LogP contribution in [-0.4, -0.2) is 4.98 Å². The van der Waals surface area contributed by atoms with E-state index in [1.807, 2.05) is 60.6 Å². The molecule has 2 rings (SSSR count). The van der Waals surface area contributed by atoms with E-state index in [4.69, 9.17) is 0 Å². The zero-order valence-electron chi connectivity index (χ0n) is 13.9. The normalized spacial score (nSPS) is 6.95. The van der Waals surface area contributed by atoms with Gasteiger partial charge >= 0.3 is 0 Å². The van der Waals surface area contributed by atoms with E-state index in [1.54, 1.807) is 23.7 Å². The van der Waals surface area contributed by atoms with Gasteiger partial charge in [-0.05, 0) is 43.0 Å². The van der Waals surface area contributed by atoms with Gasteiger partial charge in [0, 0.05) is 17.3 Å². The van der Waals surface area contributed by atoms with Crippen LogP contribution >= 0.6 is 11.3 Å². The van der Waals surface area contributed by atoms with E-state index in [0.717, 1.165) is 0 Å². The van der Waals surface area contributed by atoms with Crippen molar-refractivity contribution in [2.75, 3.05) is 0 Å². The Kier molecular flexibility index (Phi) is 26.7. The van der Waals surface area contributed by atoms with Gasteiger partial charge in [0.2, 0.25) is 0 Å². The Bertz CT molecular complexity index is 314. The van der Waals surface area contributed by atoms with E-state index in [1.165, 1.54) is 10.4 Å². The minimum atomic E-state index is 1.26. The molecule has 0 spiro atoms. The lowest BCUT2D eigenvalue weighted by molar-refractivity contribution is 1.29. The summed E-state index contributed by atoms with van der Waals surface area (Å²) >= 11 is 1.78. The topological polar surface area (TPSA) is 12.9 Å². The van der Waals surface area contributed by atoms with Crippen molar-refractivity contribution in [3.05, 3.63) is 52.5 Å². The van der Waals surface area contributed by atoms with Crippen molar-refractivity contribution in [3.63, 3.8) is 0 Å². The highest BCUT2D eigenvalue weighted by Crippen LogP contribution is 2.03. The predicted octanol–water partition coefficient (Wildman–Crippen LogP) is 6.53. The average Bonchev–Trinajstić information content (AvgIpc) is 2.98. The Morgan fingerprint density at radius 3 is 1.42 bits per heavy atom. The number of pyridine rings is 1. The summed E-state index contributed by atoms with van der Waals surface area (Å²) in [5, 5.41) is 2.08. The zero-order chi connectivity index (χ0) is 15.5. The molecule has 0 saturated heterocycles. The molecular weight excluding hydrogens is 250 g/mol. The number of hydrogen-bond acceptors (Lipinski definition) is 2. The summed E-state index contributed by atoms with van der Waals surface area (Å²) in [5.41, 5.74) is 1.26. The van der Waals surface area contributed by atoms with E-state index in [0.29, 0.717) is 0 Å². The molecule has 19 heavy (non-hydrogen) atoms. The second-order valence-electron chi connectivity index (χ2n) is 2.75. The number of hydrogen-bond donors (Lipinski definition) is 0. The molecule has 2 aromatic rings.